The molecule has 3 N–H and O–H groups in total. The lowest BCUT2D eigenvalue weighted by Gasteiger charge is -2.21. The van der Waals surface area contributed by atoms with Crippen LogP contribution in [0.25, 0.3) is 0 Å². The van der Waals surface area contributed by atoms with Crippen molar-refractivity contribution in [3.8, 4) is 0 Å². The average Bonchev–Trinajstić information content (AvgIpc) is 2.70. The van der Waals surface area contributed by atoms with Gasteiger partial charge >= 0.3 is 0 Å². The Bertz CT molecular complexity index is 746. The maximum absolute atomic E-state index is 13.3. The number of nitrogens with one attached hydrogen (secondary N) is 1. The normalized spacial score (nSPS) is 15.5. The van der Waals surface area contributed by atoms with Gasteiger partial charge in [-0.1, -0.05) is 50.3 Å². The van der Waals surface area contributed by atoms with Gasteiger partial charge in [-0.2, -0.15) is 0 Å². The summed E-state index contributed by atoms with van der Waals surface area (Å²) in [5.74, 6) is 4.79. The summed E-state index contributed by atoms with van der Waals surface area (Å²) < 4.78 is 13.3. The van der Waals surface area contributed by atoms with Crippen LogP contribution in [0.4, 0.5) is 4.39 Å². The largest absolute Gasteiger partial charge is 0.348 e. The number of rotatable bonds is 11. The van der Waals surface area contributed by atoms with E-state index in [9.17, 15) is 14.0 Å². The summed E-state index contributed by atoms with van der Waals surface area (Å²) in [7, 11) is 0. The van der Waals surface area contributed by atoms with Gasteiger partial charge in [0.2, 0.25) is 11.8 Å². The molecule has 0 heterocycles. The third kappa shape index (κ3) is 9.83. The number of nitrogens with two attached hydrogens (primary N) is 1. The van der Waals surface area contributed by atoms with E-state index in [0.717, 1.165) is 17.0 Å². The van der Waals surface area contributed by atoms with Crippen LogP contribution >= 0.6 is 0 Å². The lowest BCUT2D eigenvalue weighted by atomic mass is 9.91. The minimum Gasteiger partial charge on any atom is -0.348 e. The number of nitrogens with zero attached hydrogens (tertiary/aromatic N) is 1. The van der Waals surface area contributed by atoms with E-state index < -0.39 is 6.17 Å². The first-order valence-corrected chi connectivity index (χ1v) is 10.3. The highest BCUT2D eigenvalue weighted by Gasteiger charge is 2.21. The molecule has 5 nitrogen and oxygen atoms in total. The number of allylic oxidation sites excluding steroid dienone is 5. The molecule has 30 heavy (non-hydrogen) atoms. The zero-order valence-corrected chi connectivity index (χ0v) is 19.5. The van der Waals surface area contributed by atoms with Crippen molar-refractivity contribution in [2.45, 2.75) is 67.5 Å². The monoisotopic (exact) mass is 419 g/mol. The van der Waals surface area contributed by atoms with Crippen molar-refractivity contribution in [3.63, 3.8) is 0 Å². The van der Waals surface area contributed by atoms with Gasteiger partial charge in [-0.15, -0.1) is 0 Å². The molecule has 0 aliphatic carbocycles. The van der Waals surface area contributed by atoms with Gasteiger partial charge in [0, 0.05) is 17.8 Å². The summed E-state index contributed by atoms with van der Waals surface area (Å²) in [5, 5.41) is 3.87. The molecular formula is C24H38FN3O2. The van der Waals surface area contributed by atoms with Gasteiger partial charge in [-0.25, -0.2) is 10.2 Å². The van der Waals surface area contributed by atoms with Gasteiger partial charge in [-0.05, 0) is 58.1 Å². The lowest BCUT2D eigenvalue weighted by Crippen LogP contribution is -2.36. The molecule has 0 aromatic heterocycles. The number of halogens is 1. The number of hydrazine groups is 1. The molecule has 0 aromatic carbocycles. The number of hydrogen-bond donors (Lipinski definition) is 2. The minimum absolute atomic E-state index is 0.0554. The summed E-state index contributed by atoms with van der Waals surface area (Å²) >= 11 is 0. The summed E-state index contributed by atoms with van der Waals surface area (Å²) in [6, 6.07) is 0. The number of carbonyl (C=O) groups is 2. The number of carbonyl (C=O) groups excluding carboxylic acids is 2. The van der Waals surface area contributed by atoms with Gasteiger partial charge in [0.25, 0.3) is 0 Å². The fourth-order valence-corrected chi connectivity index (χ4v) is 2.65. The van der Waals surface area contributed by atoms with Crippen LogP contribution in [0.3, 0.4) is 0 Å². The molecule has 0 spiro atoms. The van der Waals surface area contributed by atoms with Crippen molar-refractivity contribution in [2.75, 3.05) is 6.54 Å². The molecule has 2 amide bonds. The quantitative estimate of drug-likeness (QED) is 0.125. The number of amides is 2. The maximum atomic E-state index is 13.3. The fraction of sp³-hybridized carbons (Fsp3) is 0.500. The second-order valence-corrected chi connectivity index (χ2v) is 7.57. The van der Waals surface area contributed by atoms with E-state index >= 15 is 0 Å². The van der Waals surface area contributed by atoms with E-state index in [4.69, 9.17) is 5.84 Å². The molecule has 0 aliphatic rings. The number of hydrogen-bond acceptors (Lipinski definition) is 3. The lowest BCUT2D eigenvalue weighted by molar-refractivity contribution is -0.128. The van der Waals surface area contributed by atoms with Gasteiger partial charge in [-0.3, -0.25) is 14.6 Å². The van der Waals surface area contributed by atoms with Crippen LogP contribution in [-0.4, -0.2) is 29.5 Å². The zero-order valence-electron chi connectivity index (χ0n) is 19.5. The van der Waals surface area contributed by atoms with Crippen LogP contribution in [0.15, 0.2) is 58.9 Å². The maximum Gasteiger partial charge on any atom is 0.247 e. The van der Waals surface area contributed by atoms with Crippen LogP contribution in [0.1, 0.15) is 61.3 Å². The molecular weight excluding hydrogens is 381 g/mol. The van der Waals surface area contributed by atoms with Crippen LogP contribution in [-0.2, 0) is 9.59 Å². The van der Waals surface area contributed by atoms with Gasteiger partial charge in [0.1, 0.15) is 6.17 Å². The molecule has 0 aromatic rings. The van der Waals surface area contributed by atoms with Crippen LogP contribution in [0, 0.1) is 5.92 Å². The Hall–Kier alpha value is -2.47. The van der Waals surface area contributed by atoms with Crippen molar-refractivity contribution in [3.05, 3.63) is 58.9 Å². The fourth-order valence-electron chi connectivity index (χ4n) is 2.65. The van der Waals surface area contributed by atoms with Gasteiger partial charge < -0.3 is 5.32 Å². The van der Waals surface area contributed by atoms with E-state index in [1.807, 2.05) is 26.8 Å². The Kier molecular flexibility index (Phi) is 12.6. The molecule has 0 saturated heterocycles. The van der Waals surface area contributed by atoms with E-state index in [0.29, 0.717) is 23.4 Å². The smallest absolute Gasteiger partial charge is 0.247 e. The third-order valence-electron chi connectivity index (χ3n) is 4.87. The predicted octanol–water partition coefficient (Wildman–Crippen LogP) is 4.90. The van der Waals surface area contributed by atoms with E-state index in [-0.39, 0.29) is 24.2 Å². The van der Waals surface area contributed by atoms with Crippen molar-refractivity contribution in [1.82, 2.24) is 10.3 Å². The second-order valence-electron chi connectivity index (χ2n) is 7.57. The van der Waals surface area contributed by atoms with Gasteiger partial charge in [0.05, 0.1) is 6.42 Å². The molecule has 2 atom stereocenters. The summed E-state index contributed by atoms with van der Waals surface area (Å²) in [5.41, 5.74) is 3.64. The van der Waals surface area contributed by atoms with E-state index in [2.05, 4.69) is 24.9 Å². The van der Waals surface area contributed by atoms with Crippen molar-refractivity contribution in [2.24, 2.45) is 11.8 Å². The highest BCUT2D eigenvalue weighted by molar-refractivity contribution is 5.95. The minimum atomic E-state index is -1.12. The number of alkyl halides is 1. The molecule has 0 bridgehead atoms. The van der Waals surface area contributed by atoms with Crippen molar-refractivity contribution < 1.29 is 14.0 Å². The first kappa shape index (κ1) is 27.5. The molecule has 2 unspecified atom stereocenters. The first-order valence-electron chi connectivity index (χ1n) is 10.3. The van der Waals surface area contributed by atoms with E-state index in [1.54, 1.807) is 19.9 Å². The molecule has 0 fully saturated rings. The standard InChI is InChI=1S/C24H38FN3O2/c1-9-17(5)13-21(10-2)15-27-24(30)20(8)22(18(6)11-12-19(7)25)14-23(29)28(26)16(3)4/h10-13,18-19H,3,9,14-15,26H2,1-2,4-8H3,(H,27,30)/b12-11?,17-13?,21-10?,22-20-. The molecule has 0 aliphatic heterocycles. The molecule has 6 heteroatoms. The Morgan fingerprint density at radius 3 is 2.27 bits per heavy atom. The highest BCUT2D eigenvalue weighted by Crippen LogP contribution is 2.23. The van der Waals surface area contributed by atoms with Crippen molar-refractivity contribution >= 4 is 11.8 Å². The van der Waals surface area contributed by atoms with E-state index in [1.165, 1.54) is 18.6 Å². The molecule has 168 valence electrons. The van der Waals surface area contributed by atoms with Crippen LogP contribution < -0.4 is 11.2 Å². The highest BCUT2D eigenvalue weighted by atomic mass is 19.1. The molecule has 0 radical (unpaired) electrons. The summed E-state index contributed by atoms with van der Waals surface area (Å²) in [6.45, 7) is 16.6. The Morgan fingerprint density at radius 2 is 1.80 bits per heavy atom. The molecule has 0 rings (SSSR count). The van der Waals surface area contributed by atoms with Gasteiger partial charge in [0.15, 0.2) is 0 Å². The Balaban J connectivity index is 5.71. The summed E-state index contributed by atoms with van der Waals surface area (Å²) in [6.07, 6.45) is 6.84. The Morgan fingerprint density at radius 1 is 1.20 bits per heavy atom. The van der Waals surface area contributed by atoms with Crippen molar-refractivity contribution in [1.29, 1.82) is 0 Å². The SMILES string of the molecule is C=C(C)N(N)C(=O)C/C(=C(\C)C(=O)NCC(C=C(C)CC)=CC)C(C)C=CC(C)F. The second kappa shape index (κ2) is 13.7. The summed E-state index contributed by atoms with van der Waals surface area (Å²) in [4.78, 5) is 25.3. The first-order chi connectivity index (χ1) is 13.9. The van der Waals surface area contributed by atoms with Crippen LogP contribution in [0.5, 0.6) is 0 Å². The Labute approximate surface area is 181 Å². The molecule has 0 saturated carbocycles. The topological polar surface area (TPSA) is 75.4 Å². The zero-order chi connectivity index (χ0) is 23.4. The predicted molar refractivity (Wildman–Crippen MR) is 123 cm³/mol. The van der Waals surface area contributed by atoms with Crippen LogP contribution in [0.2, 0.25) is 0 Å². The third-order valence-corrected chi connectivity index (χ3v) is 4.87. The average molecular weight is 420 g/mol.